The highest BCUT2D eigenvalue weighted by Crippen LogP contribution is 2.44. The molecule has 0 aromatic heterocycles. The number of aryl methyl sites for hydroxylation is 2. The number of hydrogen-bond donors (Lipinski definition) is 0. The van der Waals surface area contributed by atoms with Gasteiger partial charge in [-0.1, -0.05) is 36.4 Å². The predicted octanol–water partition coefficient (Wildman–Crippen LogP) is 7.32. The van der Waals surface area contributed by atoms with Crippen LogP contribution < -0.4 is 4.90 Å². The minimum atomic E-state index is 1.21. The van der Waals surface area contributed by atoms with Crippen molar-refractivity contribution in [3.8, 4) is 0 Å². The molecule has 0 saturated carbocycles. The van der Waals surface area contributed by atoms with Crippen LogP contribution in [-0.2, 0) is 0 Å². The summed E-state index contributed by atoms with van der Waals surface area (Å²) in [5, 5.41) is 0. The molecule has 0 atom stereocenters. The Kier molecular flexibility index (Phi) is 4.91. The summed E-state index contributed by atoms with van der Waals surface area (Å²) in [6, 6.07) is 17.3. The van der Waals surface area contributed by atoms with E-state index >= 15 is 0 Å². The van der Waals surface area contributed by atoms with Crippen LogP contribution in [0.1, 0.15) is 38.9 Å². The lowest BCUT2D eigenvalue weighted by Gasteiger charge is -2.33. The number of anilines is 3. The molecule has 0 aliphatic carbocycles. The molecular weight excluding hydrogens is 314 g/mol. The average molecular weight is 344 g/mol. The van der Waals surface area contributed by atoms with Gasteiger partial charge in [0, 0.05) is 5.69 Å². The van der Waals surface area contributed by atoms with Crippen molar-refractivity contribution in [2.45, 2.75) is 48.5 Å². The Morgan fingerprint density at radius 3 is 1.42 bits per heavy atom. The van der Waals surface area contributed by atoms with Crippen molar-refractivity contribution in [3.63, 3.8) is 0 Å². The van der Waals surface area contributed by atoms with Crippen LogP contribution in [-0.4, -0.2) is 0 Å². The van der Waals surface area contributed by atoms with Crippen LogP contribution in [0.2, 0.25) is 0 Å². The van der Waals surface area contributed by atoms with Crippen LogP contribution in [0, 0.1) is 48.5 Å². The minimum absolute atomic E-state index is 1.21. The molecule has 134 valence electrons. The first-order valence-corrected chi connectivity index (χ1v) is 9.33. The van der Waals surface area contributed by atoms with Crippen molar-refractivity contribution in [2.75, 3.05) is 4.90 Å². The van der Waals surface area contributed by atoms with E-state index in [-0.39, 0.29) is 0 Å². The van der Waals surface area contributed by atoms with E-state index in [9.17, 15) is 0 Å². The lowest BCUT2D eigenvalue weighted by atomic mass is 9.91. The second-order valence-corrected chi connectivity index (χ2v) is 7.38. The molecule has 3 aromatic rings. The summed E-state index contributed by atoms with van der Waals surface area (Å²) in [6.45, 7) is 15.7. The summed E-state index contributed by atoms with van der Waals surface area (Å²) < 4.78 is 0. The molecule has 0 bridgehead atoms. The molecule has 0 heterocycles. The molecule has 3 rings (SSSR count). The molecule has 0 fully saturated rings. The van der Waals surface area contributed by atoms with Gasteiger partial charge in [-0.25, -0.2) is 0 Å². The smallest absolute Gasteiger partial charge is 0.0525 e. The molecule has 3 aromatic carbocycles. The minimum Gasteiger partial charge on any atom is -0.309 e. The van der Waals surface area contributed by atoms with Gasteiger partial charge in [0.05, 0.1) is 11.4 Å². The fourth-order valence-electron chi connectivity index (χ4n) is 3.92. The molecule has 0 aliphatic heterocycles. The Hall–Kier alpha value is -2.54. The van der Waals surface area contributed by atoms with Crippen molar-refractivity contribution < 1.29 is 0 Å². The summed E-state index contributed by atoms with van der Waals surface area (Å²) in [7, 11) is 0. The quantitative estimate of drug-likeness (QED) is 0.481. The zero-order valence-electron chi connectivity index (χ0n) is 17.1. The third-order valence-electron chi connectivity index (χ3n) is 5.86. The van der Waals surface area contributed by atoms with Gasteiger partial charge in [-0.2, -0.15) is 0 Å². The molecule has 0 N–H and O–H groups in total. The summed E-state index contributed by atoms with van der Waals surface area (Å²) in [4.78, 5) is 2.45. The Labute approximate surface area is 158 Å². The van der Waals surface area contributed by atoms with Crippen molar-refractivity contribution in [1.82, 2.24) is 0 Å². The lowest BCUT2D eigenvalue weighted by Crippen LogP contribution is -2.17. The second kappa shape index (κ2) is 6.99. The SMILES string of the molecule is Cc1cccc(C)c1N(c1ccccc1)c1c(C)c(C)c(C)c(C)c1C. The number of para-hydroxylation sites is 2. The normalized spacial score (nSPS) is 10.9. The summed E-state index contributed by atoms with van der Waals surface area (Å²) >= 11 is 0. The van der Waals surface area contributed by atoms with Gasteiger partial charge in [-0.15, -0.1) is 0 Å². The fraction of sp³-hybridized carbons (Fsp3) is 0.280. The van der Waals surface area contributed by atoms with E-state index in [2.05, 4.69) is 102 Å². The van der Waals surface area contributed by atoms with Crippen LogP contribution >= 0.6 is 0 Å². The van der Waals surface area contributed by atoms with E-state index < -0.39 is 0 Å². The summed E-state index contributed by atoms with van der Waals surface area (Å²) in [5.41, 5.74) is 13.3. The zero-order chi connectivity index (χ0) is 19.0. The highest BCUT2D eigenvalue weighted by Gasteiger charge is 2.22. The number of rotatable bonds is 3. The Morgan fingerprint density at radius 2 is 0.923 bits per heavy atom. The maximum Gasteiger partial charge on any atom is 0.0525 e. The molecule has 0 radical (unpaired) electrons. The second-order valence-electron chi connectivity index (χ2n) is 7.38. The van der Waals surface area contributed by atoms with Gasteiger partial charge in [0.15, 0.2) is 0 Å². The van der Waals surface area contributed by atoms with Crippen molar-refractivity contribution in [1.29, 1.82) is 0 Å². The highest BCUT2D eigenvalue weighted by molar-refractivity contribution is 5.84. The van der Waals surface area contributed by atoms with Crippen molar-refractivity contribution in [3.05, 3.63) is 87.5 Å². The first kappa shape index (κ1) is 18.3. The molecular formula is C25H29N. The van der Waals surface area contributed by atoms with Gasteiger partial charge in [0.2, 0.25) is 0 Å². The highest BCUT2D eigenvalue weighted by atomic mass is 15.2. The van der Waals surface area contributed by atoms with Crippen LogP contribution in [0.4, 0.5) is 17.1 Å². The van der Waals surface area contributed by atoms with Crippen LogP contribution in [0.3, 0.4) is 0 Å². The van der Waals surface area contributed by atoms with E-state index in [1.165, 1.54) is 56.0 Å². The van der Waals surface area contributed by atoms with E-state index in [0.717, 1.165) is 0 Å². The van der Waals surface area contributed by atoms with Crippen LogP contribution in [0.25, 0.3) is 0 Å². The molecule has 1 nitrogen and oxygen atoms in total. The van der Waals surface area contributed by atoms with Crippen LogP contribution in [0.5, 0.6) is 0 Å². The molecule has 1 heteroatoms. The summed E-state index contributed by atoms with van der Waals surface area (Å²) in [6.07, 6.45) is 0. The van der Waals surface area contributed by atoms with Crippen LogP contribution in [0.15, 0.2) is 48.5 Å². The number of nitrogens with zero attached hydrogens (tertiary/aromatic N) is 1. The topological polar surface area (TPSA) is 3.24 Å². The van der Waals surface area contributed by atoms with Gasteiger partial charge in [0.25, 0.3) is 0 Å². The lowest BCUT2D eigenvalue weighted by molar-refractivity contribution is 1.12. The Balaban J connectivity index is 2.42. The molecule has 26 heavy (non-hydrogen) atoms. The van der Waals surface area contributed by atoms with Gasteiger partial charge in [-0.3, -0.25) is 0 Å². The fourth-order valence-corrected chi connectivity index (χ4v) is 3.92. The van der Waals surface area contributed by atoms with E-state index in [0.29, 0.717) is 0 Å². The molecule has 0 unspecified atom stereocenters. The zero-order valence-corrected chi connectivity index (χ0v) is 17.1. The molecule has 0 aliphatic rings. The van der Waals surface area contributed by atoms with E-state index in [1.54, 1.807) is 0 Å². The number of hydrogen-bond acceptors (Lipinski definition) is 1. The summed E-state index contributed by atoms with van der Waals surface area (Å²) in [5.74, 6) is 0. The first-order valence-electron chi connectivity index (χ1n) is 9.33. The maximum atomic E-state index is 2.45. The third-order valence-corrected chi connectivity index (χ3v) is 5.86. The predicted molar refractivity (Wildman–Crippen MR) is 114 cm³/mol. The van der Waals surface area contributed by atoms with Crippen molar-refractivity contribution in [2.24, 2.45) is 0 Å². The number of benzene rings is 3. The van der Waals surface area contributed by atoms with E-state index in [1.807, 2.05) is 0 Å². The molecule has 0 saturated heterocycles. The van der Waals surface area contributed by atoms with Crippen molar-refractivity contribution >= 4 is 17.1 Å². The van der Waals surface area contributed by atoms with E-state index in [4.69, 9.17) is 0 Å². The van der Waals surface area contributed by atoms with Gasteiger partial charge < -0.3 is 4.90 Å². The van der Waals surface area contributed by atoms with Gasteiger partial charge in [0.1, 0.15) is 0 Å². The monoisotopic (exact) mass is 343 g/mol. The third kappa shape index (κ3) is 2.92. The Bertz CT molecular complexity index is 902. The van der Waals surface area contributed by atoms with Gasteiger partial charge >= 0.3 is 0 Å². The molecule has 0 amide bonds. The maximum absolute atomic E-state index is 2.45. The average Bonchev–Trinajstić information content (AvgIpc) is 2.64. The molecule has 0 spiro atoms. The van der Waals surface area contributed by atoms with Gasteiger partial charge in [-0.05, 0) is 99.5 Å². The first-order chi connectivity index (χ1) is 12.3. The standard InChI is InChI=1S/C25H29N/c1-16-12-11-13-17(2)24(16)26(23-14-9-8-10-15-23)25-21(6)19(4)18(3)20(5)22(25)7/h8-15H,1-7H3. The largest absolute Gasteiger partial charge is 0.309 e. The Morgan fingerprint density at radius 1 is 0.462 bits per heavy atom.